The maximum absolute atomic E-state index is 13.0. The van der Waals surface area contributed by atoms with Crippen LogP contribution >= 0.6 is 0 Å². The van der Waals surface area contributed by atoms with Crippen LogP contribution in [0.5, 0.6) is 17.2 Å². The number of esters is 1. The van der Waals surface area contributed by atoms with Crippen LogP contribution in [0.1, 0.15) is 74.2 Å². The number of rotatable bonds is 2. The quantitative estimate of drug-likeness (QED) is 0.400. The first-order valence-electron chi connectivity index (χ1n) is 11.4. The summed E-state index contributed by atoms with van der Waals surface area (Å²) in [7, 11) is 0. The number of carbonyl (C=O) groups excluding carboxylic acids is 1. The molecule has 5 rings (SSSR count). The molecule has 0 aliphatic carbocycles. The second-order valence-electron chi connectivity index (χ2n) is 11.2. The lowest BCUT2D eigenvalue weighted by molar-refractivity contribution is 0.0224. The van der Waals surface area contributed by atoms with Crippen molar-refractivity contribution in [3.05, 3.63) is 88.5 Å². The topological polar surface area (TPSA) is 44.8 Å². The van der Waals surface area contributed by atoms with Crippen molar-refractivity contribution < 1.29 is 19.0 Å². The third kappa shape index (κ3) is 3.68. The van der Waals surface area contributed by atoms with E-state index in [1.165, 1.54) is 5.56 Å². The molecule has 4 heteroatoms. The summed E-state index contributed by atoms with van der Waals surface area (Å²) >= 11 is 0. The Morgan fingerprint density at radius 3 is 2.18 bits per heavy atom. The van der Waals surface area contributed by atoms with Gasteiger partial charge in [-0.1, -0.05) is 51.1 Å². The second-order valence-corrected chi connectivity index (χ2v) is 11.2. The second kappa shape index (κ2) is 7.11. The van der Waals surface area contributed by atoms with Crippen LogP contribution in [0.4, 0.5) is 0 Å². The number of hydrogen-bond acceptors (Lipinski definition) is 4. The van der Waals surface area contributed by atoms with Crippen molar-refractivity contribution in [3.8, 4) is 17.2 Å². The molecule has 3 aromatic rings. The normalized spacial score (nSPS) is 18.8. The first-order chi connectivity index (χ1) is 15.5. The van der Waals surface area contributed by atoms with Crippen LogP contribution in [0, 0.1) is 5.41 Å². The van der Waals surface area contributed by atoms with E-state index in [1.807, 2.05) is 69.3 Å². The minimum atomic E-state index is -1.04. The number of fused-ring (bicyclic) bond motifs is 6. The van der Waals surface area contributed by atoms with E-state index >= 15 is 0 Å². The molecule has 0 N–H and O–H groups in total. The van der Waals surface area contributed by atoms with E-state index in [2.05, 4.69) is 32.9 Å². The Bertz CT molecular complexity index is 1190. The fourth-order valence-electron chi connectivity index (χ4n) is 4.84. The summed E-state index contributed by atoms with van der Waals surface area (Å²) in [6, 6.07) is 19.6. The number of carbonyl (C=O) groups is 1. The molecule has 33 heavy (non-hydrogen) atoms. The summed E-state index contributed by atoms with van der Waals surface area (Å²) in [5.74, 6) is 1.74. The monoisotopic (exact) mass is 442 g/mol. The molecule has 2 heterocycles. The van der Waals surface area contributed by atoms with E-state index in [9.17, 15) is 4.79 Å². The maximum Gasteiger partial charge on any atom is 0.340 e. The SMILES string of the molecule is CC(C)(C)Cc1ccc2c(c1)Oc1cc(OC(C)(C)C)ccc1C21OC(=O)c2ccccc21. The molecule has 0 saturated heterocycles. The smallest absolute Gasteiger partial charge is 0.340 e. The predicted octanol–water partition coefficient (Wildman–Crippen LogP) is 7.02. The molecular weight excluding hydrogens is 412 g/mol. The Labute approximate surface area is 195 Å². The Kier molecular flexibility index (Phi) is 4.65. The zero-order chi connectivity index (χ0) is 23.6. The van der Waals surface area contributed by atoms with E-state index < -0.39 is 5.60 Å². The van der Waals surface area contributed by atoms with Crippen LogP contribution in [0.25, 0.3) is 0 Å². The zero-order valence-electron chi connectivity index (χ0n) is 20.1. The van der Waals surface area contributed by atoms with Crippen molar-refractivity contribution in [3.63, 3.8) is 0 Å². The van der Waals surface area contributed by atoms with Gasteiger partial charge in [0.05, 0.1) is 5.56 Å². The highest BCUT2D eigenvalue weighted by molar-refractivity contribution is 5.97. The van der Waals surface area contributed by atoms with Crippen LogP contribution in [0.3, 0.4) is 0 Å². The van der Waals surface area contributed by atoms with E-state index in [4.69, 9.17) is 14.2 Å². The van der Waals surface area contributed by atoms with Gasteiger partial charge >= 0.3 is 5.97 Å². The predicted molar refractivity (Wildman–Crippen MR) is 128 cm³/mol. The van der Waals surface area contributed by atoms with Gasteiger partial charge in [-0.05, 0) is 62.4 Å². The van der Waals surface area contributed by atoms with Gasteiger partial charge < -0.3 is 14.2 Å². The van der Waals surface area contributed by atoms with Crippen LogP contribution in [-0.4, -0.2) is 11.6 Å². The van der Waals surface area contributed by atoms with Crippen molar-refractivity contribution in [1.82, 2.24) is 0 Å². The molecule has 1 atom stereocenters. The Balaban J connectivity index is 1.73. The molecule has 0 aromatic heterocycles. The first kappa shape index (κ1) is 21.6. The van der Waals surface area contributed by atoms with Crippen molar-refractivity contribution >= 4 is 5.97 Å². The first-order valence-corrected chi connectivity index (χ1v) is 11.4. The van der Waals surface area contributed by atoms with E-state index in [-0.39, 0.29) is 17.0 Å². The molecule has 2 aliphatic heterocycles. The molecule has 4 nitrogen and oxygen atoms in total. The summed E-state index contributed by atoms with van der Waals surface area (Å²) in [5.41, 5.74) is 3.01. The van der Waals surface area contributed by atoms with Gasteiger partial charge in [0.15, 0.2) is 5.60 Å². The van der Waals surface area contributed by atoms with Gasteiger partial charge in [-0.2, -0.15) is 0 Å². The molecule has 2 aliphatic rings. The van der Waals surface area contributed by atoms with Crippen molar-refractivity contribution in [2.75, 3.05) is 0 Å². The van der Waals surface area contributed by atoms with E-state index in [1.54, 1.807) is 0 Å². The summed E-state index contributed by atoms with van der Waals surface area (Å²) in [6.07, 6.45) is 0.910. The van der Waals surface area contributed by atoms with Gasteiger partial charge in [0.2, 0.25) is 0 Å². The lowest BCUT2D eigenvalue weighted by Crippen LogP contribution is -2.33. The Morgan fingerprint density at radius 1 is 0.818 bits per heavy atom. The fraction of sp³-hybridized carbons (Fsp3) is 0.345. The van der Waals surface area contributed by atoms with Crippen LogP contribution in [0.15, 0.2) is 60.7 Å². The molecule has 0 amide bonds. The highest BCUT2D eigenvalue weighted by atomic mass is 16.6. The Hall–Kier alpha value is -3.27. The van der Waals surface area contributed by atoms with Gasteiger partial charge in [-0.15, -0.1) is 0 Å². The number of ether oxygens (including phenoxy) is 3. The third-order valence-electron chi connectivity index (χ3n) is 5.91. The lowest BCUT2D eigenvalue weighted by Gasteiger charge is -2.37. The minimum absolute atomic E-state index is 0.138. The summed E-state index contributed by atoms with van der Waals surface area (Å²) in [6.45, 7) is 12.7. The van der Waals surface area contributed by atoms with Crippen molar-refractivity contribution in [1.29, 1.82) is 0 Å². The number of hydrogen-bond donors (Lipinski definition) is 0. The highest BCUT2D eigenvalue weighted by Crippen LogP contribution is 2.56. The summed E-state index contributed by atoms with van der Waals surface area (Å²) in [5, 5.41) is 0. The molecule has 0 radical (unpaired) electrons. The van der Waals surface area contributed by atoms with E-state index in [0.29, 0.717) is 22.8 Å². The molecule has 1 unspecified atom stereocenters. The van der Waals surface area contributed by atoms with Gasteiger partial charge in [0, 0.05) is 22.8 Å². The zero-order valence-corrected chi connectivity index (χ0v) is 20.1. The maximum atomic E-state index is 13.0. The fourth-order valence-corrected chi connectivity index (χ4v) is 4.84. The van der Waals surface area contributed by atoms with Gasteiger partial charge in [0.25, 0.3) is 0 Å². The average Bonchev–Trinajstić information content (AvgIpc) is 2.99. The number of benzene rings is 3. The van der Waals surface area contributed by atoms with E-state index in [0.717, 1.165) is 23.1 Å². The largest absolute Gasteiger partial charge is 0.488 e. The van der Waals surface area contributed by atoms with Crippen molar-refractivity contribution in [2.45, 2.75) is 59.2 Å². The molecule has 0 saturated carbocycles. The summed E-state index contributed by atoms with van der Waals surface area (Å²) in [4.78, 5) is 13.0. The van der Waals surface area contributed by atoms with Gasteiger partial charge in [-0.25, -0.2) is 4.79 Å². The highest BCUT2D eigenvalue weighted by Gasteiger charge is 2.53. The molecule has 170 valence electrons. The molecule has 0 bridgehead atoms. The van der Waals surface area contributed by atoms with Crippen LogP contribution in [0.2, 0.25) is 0 Å². The molecule has 1 spiro atoms. The average molecular weight is 443 g/mol. The van der Waals surface area contributed by atoms with Gasteiger partial charge in [-0.3, -0.25) is 0 Å². The standard InChI is InChI=1S/C29H30O4/c1-27(2,3)17-18-11-13-22-24(15-18)31-25-16-19(32-28(4,5)6)12-14-23(25)29(22)21-10-8-7-9-20(21)26(30)33-29/h7-16H,17H2,1-6H3. The van der Waals surface area contributed by atoms with Crippen LogP contribution < -0.4 is 9.47 Å². The molecule has 3 aromatic carbocycles. The van der Waals surface area contributed by atoms with Crippen LogP contribution in [-0.2, 0) is 16.8 Å². The van der Waals surface area contributed by atoms with Gasteiger partial charge in [0.1, 0.15) is 22.8 Å². The lowest BCUT2D eigenvalue weighted by atomic mass is 9.77. The molecular formula is C29H30O4. The Morgan fingerprint density at radius 2 is 1.48 bits per heavy atom. The van der Waals surface area contributed by atoms with Crippen molar-refractivity contribution in [2.24, 2.45) is 5.41 Å². The minimum Gasteiger partial charge on any atom is -0.488 e. The molecule has 0 fully saturated rings. The summed E-state index contributed by atoms with van der Waals surface area (Å²) < 4.78 is 18.8. The third-order valence-corrected chi connectivity index (χ3v) is 5.91.